The number of aliphatic hydroxyl groups excluding tert-OH is 1. The molecule has 244 valence electrons. The summed E-state index contributed by atoms with van der Waals surface area (Å²) in [5.41, 5.74) is 2.19. The zero-order valence-corrected chi connectivity index (χ0v) is 26.9. The van der Waals surface area contributed by atoms with E-state index in [4.69, 9.17) is 14.2 Å². The Labute approximate surface area is 261 Å². The summed E-state index contributed by atoms with van der Waals surface area (Å²) in [6, 6.07) is 5.05. The smallest absolute Gasteiger partial charge is 0.410 e. The quantitative estimate of drug-likeness (QED) is 0.370. The number of hydrogen-bond donors (Lipinski definition) is 1. The second kappa shape index (κ2) is 15.9. The van der Waals surface area contributed by atoms with E-state index in [2.05, 4.69) is 16.8 Å². The van der Waals surface area contributed by atoms with Crippen molar-refractivity contribution < 1.29 is 33.3 Å². The van der Waals surface area contributed by atoms with Crippen LogP contribution in [0.3, 0.4) is 0 Å². The van der Waals surface area contributed by atoms with Gasteiger partial charge in [-0.3, -0.25) is 4.79 Å². The van der Waals surface area contributed by atoms with Crippen molar-refractivity contribution in [3.05, 3.63) is 47.3 Å². The van der Waals surface area contributed by atoms with Gasteiger partial charge in [0.15, 0.2) is 0 Å². The molecule has 10 heteroatoms. The minimum atomic E-state index is -0.869. The molecule has 0 radical (unpaired) electrons. The van der Waals surface area contributed by atoms with Gasteiger partial charge in [0.25, 0.3) is 0 Å². The Morgan fingerprint density at radius 2 is 1.77 bits per heavy atom. The van der Waals surface area contributed by atoms with E-state index in [0.29, 0.717) is 44.7 Å². The van der Waals surface area contributed by atoms with Crippen LogP contribution in [-0.4, -0.2) is 105 Å². The van der Waals surface area contributed by atoms with E-state index >= 15 is 0 Å². The predicted octanol–water partition coefficient (Wildman–Crippen LogP) is 4.88. The van der Waals surface area contributed by atoms with Gasteiger partial charge in [0.05, 0.1) is 25.7 Å². The van der Waals surface area contributed by atoms with Crippen molar-refractivity contribution in [1.29, 1.82) is 0 Å². The Morgan fingerprint density at radius 1 is 1.07 bits per heavy atom. The number of benzene rings is 1. The molecule has 1 N–H and O–H groups in total. The van der Waals surface area contributed by atoms with Crippen molar-refractivity contribution in [2.24, 2.45) is 11.8 Å². The second-order valence-electron chi connectivity index (χ2n) is 12.8. The first-order chi connectivity index (χ1) is 21.0. The van der Waals surface area contributed by atoms with Crippen LogP contribution in [0, 0.1) is 17.7 Å². The number of nitrogens with zero attached hydrogens (tertiary/aromatic N) is 3. The fourth-order valence-electron chi connectivity index (χ4n) is 6.21. The van der Waals surface area contributed by atoms with Crippen molar-refractivity contribution in [2.75, 3.05) is 58.4 Å². The van der Waals surface area contributed by atoms with Gasteiger partial charge in [-0.1, -0.05) is 26.0 Å². The number of anilines is 1. The van der Waals surface area contributed by atoms with Crippen LogP contribution in [0.15, 0.2) is 35.9 Å². The highest BCUT2D eigenvalue weighted by molar-refractivity contribution is 5.71. The van der Waals surface area contributed by atoms with Gasteiger partial charge in [0, 0.05) is 37.8 Å². The summed E-state index contributed by atoms with van der Waals surface area (Å²) in [6.07, 6.45) is 5.90. The first-order valence-corrected chi connectivity index (χ1v) is 16.0. The average molecular weight is 616 g/mol. The standard InChI is InChI=1S/C34H50FN3O6/c1-23-6-8-30(39)22-32(40)44-33(25(3)18-26-19-27(35)21-29(20-26)38-14-16-42-17-15-38)24(2)7-9-31(23)43-34(41)37(5)28-10-12-36(4)13-11-28/h7,9,18-21,23-24,28,30-31,33,39H,6,8,10-17,22H2,1-5H3/b9-7-,25-18+/t23-,24-,30+,31-,33-/m0/s1. The molecule has 5 atom stereocenters. The van der Waals surface area contributed by atoms with Crippen LogP contribution >= 0.6 is 0 Å². The molecule has 0 unspecified atom stereocenters. The van der Waals surface area contributed by atoms with Crippen molar-refractivity contribution >= 4 is 23.8 Å². The highest BCUT2D eigenvalue weighted by atomic mass is 19.1. The number of cyclic esters (lactones) is 1. The van der Waals surface area contributed by atoms with Crippen molar-refractivity contribution in [3.8, 4) is 0 Å². The predicted molar refractivity (Wildman–Crippen MR) is 169 cm³/mol. The molecule has 3 heterocycles. The molecule has 0 aromatic heterocycles. The monoisotopic (exact) mass is 615 g/mol. The summed E-state index contributed by atoms with van der Waals surface area (Å²) >= 11 is 0. The molecule has 1 amide bonds. The van der Waals surface area contributed by atoms with Crippen LogP contribution in [0.2, 0.25) is 0 Å². The minimum absolute atomic E-state index is 0.0700. The van der Waals surface area contributed by atoms with Gasteiger partial charge in [-0.05, 0) is 94.1 Å². The number of carbonyl (C=O) groups is 2. The molecule has 1 aromatic rings. The van der Waals surface area contributed by atoms with Crippen LogP contribution in [0.4, 0.5) is 14.9 Å². The first-order valence-electron chi connectivity index (χ1n) is 16.0. The largest absolute Gasteiger partial charge is 0.457 e. The molecule has 0 aliphatic carbocycles. The normalized spacial score (nSPS) is 29.2. The number of esters is 1. The Kier molecular flexibility index (Phi) is 12.2. The van der Waals surface area contributed by atoms with Crippen LogP contribution in [0.5, 0.6) is 0 Å². The fraction of sp³-hybridized carbons (Fsp3) is 0.647. The van der Waals surface area contributed by atoms with Crippen LogP contribution in [-0.2, 0) is 19.0 Å². The molecular weight excluding hydrogens is 565 g/mol. The van der Waals surface area contributed by atoms with E-state index in [9.17, 15) is 19.1 Å². The zero-order chi connectivity index (χ0) is 31.8. The fourth-order valence-corrected chi connectivity index (χ4v) is 6.21. The molecule has 0 spiro atoms. The minimum Gasteiger partial charge on any atom is -0.457 e. The zero-order valence-electron chi connectivity index (χ0n) is 26.9. The number of amides is 1. The molecule has 3 aliphatic heterocycles. The highest BCUT2D eigenvalue weighted by Gasteiger charge is 2.30. The Hall–Kier alpha value is -2.95. The molecular formula is C34H50FN3O6. The van der Waals surface area contributed by atoms with E-state index in [1.807, 2.05) is 45.1 Å². The Balaban J connectivity index is 1.55. The molecule has 4 rings (SSSR count). The van der Waals surface area contributed by atoms with Gasteiger partial charge in [-0.15, -0.1) is 0 Å². The van der Waals surface area contributed by atoms with Crippen LogP contribution in [0.25, 0.3) is 6.08 Å². The highest BCUT2D eigenvalue weighted by Crippen LogP contribution is 2.28. The summed E-state index contributed by atoms with van der Waals surface area (Å²) in [4.78, 5) is 32.2. The van der Waals surface area contributed by atoms with Crippen molar-refractivity contribution in [2.45, 2.75) is 77.2 Å². The number of carbonyl (C=O) groups excluding carboxylic acids is 2. The lowest BCUT2D eigenvalue weighted by atomic mass is 9.91. The summed E-state index contributed by atoms with van der Waals surface area (Å²) in [6.45, 7) is 10.2. The SMILES string of the molecule is C/C(=C\c1cc(F)cc(N2CCOCC2)c1)[C@H]1OC(=O)C[C@H](O)CC[C@H](C)[C@@H](OC(=O)N(C)C2CCN(C)CC2)/C=C\[C@@H]1C. The molecule has 0 saturated carbocycles. The topological polar surface area (TPSA) is 91.8 Å². The van der Waals surface area contributed by atoms with Gasteiger partial charge in [-0.2, -0.15) is 0 Å². The number of piperidine rings is 1. The number of morpholine rings is 1. The average Bonchev–Trinajstić information content (AvgIpc) is 3.00. The van der Waals surface area contributed by atoms with Crippen molar-refractivity contribution in [1.82, 2.24) is 9.80 Å². The Bertz CT molecular complexity index is 1180. The first kappa shape index (κ1) is 33.9. The van der Waals surface area contributed by atoms with E-state index in [0.717, 1.165) is 37.2 Å². The molecule has 0 bridgehead atoms. The summed E-state index contributed by atoms with van der Waals surface area (Å²) < 4.78 is 32.1. The maximum Gasteiger partial charge on any atom is 0.410 e. The number of rotatable bonds is 5. The molecule has 44 heavy (non-hydrogen) atoms. The lowest BCUT2D eigenvalue weighted by molar-refractivity contribution is -0.151. The third-order valence-electron chi connectivity index (χ3n) is 9.14. The summed E-state index contributed by atoms with van der Waals surface area (Å²) in [5.74, 6) is -1.18. The number of aliphatic hydroxyl groups is 1. The van der Waals surface area contributed by atoms with Gasteiger partial charge in [0.2, 0.25) is 0 Å². The third kappa shape index (κ3) is 9.52. The van der Waals surface area contributed by atoms with Crippen molar-refractivity contribution in [3.63, 3.8) is 0 Å². The van der Waals surface area contributed by atoms with Gasteiger partial charge in [0.1, 0.15) is 18.0 Å². The van der Waals surface area contributed by atoms with E-state index in [-0.39, 0.29) is 36.2 Å². The van der Waals surface area contributed by atoms with E-state index < -0.39 is 24.3 Å². The van der Waals surface area contributed by atoms with E-state index in [1.54, 1.807) is 11.9 Å². The molecule has 2 fully saturated rings. The number of ether oxygens (including phenoxy) is 3. The molecule has 9 nitrogen and oxygen atoms in total. The maximum atomic E-state index is 14.7. The summed E-state index contributed by atoms with van der Waals surface area (Å²) in [7, 11) is 3.89. The third-order valence-corrected chi connectivity index (χ3v) is 9.14. The van der Waals surface area contributed by atoms with E-state index in [1.165, 1.54) is 12.1 Å². The second-order valence-corrected chi connectivity index (χ2v) is 12.8. The number of halogens is 1. The lowest BCUT2D eigenvalue weighted by Crippen LogP contribution is -2.45. The van der Waals surface area contributed by atoms with Crippen LogP contribution in [0.1, 0.15) is 58.4 Å². The lowest BCUT2D eigenvalue weighted by Gasteiger charge is -2.35. The van der Waals surface area contributed by atoms with Gasteiger partial charge < -0.3 is 34.0 Å². The van der Waals surface area contributed by atoms with Gasteiger partial charge in [-0.25, -0.2) is 9.18 Å². The molecule has 2 saturated heterocycles. The number of hydrogen-bond acceptors (Lipinski definition) is 8. The molecule has 1 aromatic carbocycles. The maximum absolute atomic E-state index is 14.7. The van der Waals surface area contributed by atoms with Gasteiger partial charge >= 0.3 is 12.1 Å². The Morgan fingerprint density at radius 3 is 2.48 bits per heavy atom. The number of likely N-dealkylation sites (tertiary alicyclic amines) is 1. The summed E-state index contributed by atoms with van der Waals surface area (Å²) in [5, 5.41) is 10.6. The molecule has 3 aliphatic rings. The van der Waals surface area contributed by atoms with Crippen LogP contribution < -0.4 is 4.90 Å².